The number of carbonyl (C=O) groups is 1. The molecule has 2 aromatic rings. The van der Waals surface area contributed by atoms with Crippen LogP contribution in [0.25, 0.3) is 0 Å². The van der Waals surface area contributed by atoms with Crippen LogP contribution in [0.15, 0.2) is 59.8 Å². The standard InChI is InChI=1S/C22H22N2O3/c1-22(2)12-18-21(19(25)13-22)20(14-7-6-8-15(11-14)24(26)27)16-9-4-5-10-17(16)23(18)3/h4-11,20H,12-13H2,1-3H3. The van der Waals surface area contributed by atoms with E-state index in [9.17, 15) is 14.9 Å². The van der Waals surface area contributed by atoms with Gasteiger partial charge in [-0.1, -0.05) is 44.2 Å². The zero-order chi connectivity index (χ0) is 19.3. The number of allylic oxidation sites excluding steroid dienone is 2. The van der Waals surface area contributed by atoms with Gasteiger partial charge in [0.05, 0.1) is 4.92 Å². The van der Waals surface area contributed by atoms with Crippen molar-refractivity contribution in [2.75, 3.05) is 11.9 Å². The van der Waals surface area contributed by atoms with Crippen molar-refractivity contribution in [1.29, 1.82) is 0 Å². The SMILES string of the molecule is CN1C2=C(C(=O)CC(C)(C)C2)C(c2cccc([N+](=O)[O-])c2)c2ccccc21. The van der Waals surface area contributed by atoms with E-state index in [1.165, 1.54) is 6.07 Å². The molecule has 0 bridgehead atoms. The van der Waals surface area contributed by atoms with Gasteiger partial charge in [0.25, 0.3) is 5.69 Å². The van der Waals surface area contributed by atoms with Crippen LogP contribution in [-0.4, -0.2) is 17.8 Å². The number of hydrogen-bond acceptors (Lipinski definition) is 4. The molecule has 0 saturated heterocycles. The van der Waals surface area contributed by atoms with Gasteiger partial charge in [-0.05, 0) is 29.0 Å². The molecule has 0 fully saturated rings. The molecule has 1 aliphatic carbocycles. The number of non-ortho nitro benzene ring substituents is 1. The number of Topliss-reactive ketones (excluding diaryl/α,β-unsaturated/α-hetero) is 1. The summed E-state index contributed by atoms with van der Waals surface area (Å²) in [5.41, 5.74) is 4.65. The minimum atomic E-state index is -0.383. The summed E-state index contributed by atoms with van der Waals surface area (Å²) in [6.45, 7) is 4.23. The zero-order valence-corrected chi connectivity index (χ0v) is 15.7. The fourth-order valence-corrected chi connectivity index (χ4v) is 4.43. The third kappa shape index (κ3) is 2.83. The van der Waals surface area contributed by atoms with Gasteiger partial charge in [0, 0.05) is 48.5 Å². The van der Waals surface area contributed by atoms with Crippen molar-refractivity contribution in [3.05, 3.63) is 81.0 Å². The average molecular weight is 362 g/mol. The number of nitro groups is 1. The lowest BCUT2D eigenvalue weighted by Crippen LogP contribution is -2.38. The Morgan fingerprint density at radius 1 is 1.11 bits per heavy atom. The van der Waals surface area contributed by atoms with Crippen LogP contribution >= 0.6 is 0 Å². The van der Waals surface area contributed by atoms with Crippen molar-refractivity contribution in [3.63, 3.8) is 0 Å². The highest BCUT2D eigenvalue weighted by Crippen LogP contribution is 2.51. The van der Waals surface area contributed by atoms with Gasteiger partial charge < -0.3 is 4.90 Å². The van der Waals surface area contributed by atoms with Crippen LogP contribution in [0.4, 0.5) is 11.4 Å². The highest BCUT2D eigenvalue weighted by Gasteiger charge is 2.42. The molecular weight excluding hydrogens is 340 g/mol. The molecule has 0 amide bonds. The highest BCUT2D eigenvalue weighted by molar-refractivity contribution is 6.01. The summed E-state index contributed by atoms with van der Waals surface area (Å²) >= 11 is 0. The molecule has 2 aliphatic rings. The lowest BCUT2D eigenvalue weighted by molar-refractivity contribution is -0.384. The topological polar surface area (TPSA) is 63.5 Å². The Morgan fingerprint density at radius 2 is 1.85 bits per heavy atom. The van der Waals surface area contributed by atoms with Gasteiger partial charge in [-0.3, -0.25) is 14.9 Å². The van der Waals surface area contributed by atoms with Gasteiger partial charge in [-0.15, -0.1) is 0 Å². The molecule has 0 radical (unpaired) electrons. The number of carbonyl (C=O) groups excluding carboxylic acids is 1. The van der Waals surface area contributed by atoms with Crippen LogP contribution in [0.1, 0.15) is 43.7 Å². The molecule has 5 heteroatoms. The van der Waals surface area contributed by atoms with Crippen LogP contribution in [0.2, 0.25) is 0 Å². The Balaban J connectivity index is 1.97. The lowest BCUT2D eigenvalue weighted by atomic mass is 9.68. The smallest absolute Gasteiger partial charge is 0.269 e. The molecule has 1 unspecified atom stereocenters. The molecule has 1 atom stereocenters. The maximum absolute atomic E-state index is 13.2. The molecule has 0 N–H and O–H groups in total. The van der Waals surface area contributed by atoms with Gasteiger partial charge in [0.2, 0.25) is 0 Å². The first-order chi connectivity index (χ1) is 12.8. The Labute approximate surface area is 158 Å². The first-order valence-corrected chi connectivity index (χ1v) is 9.12. The highest BCUT2D eigenvalue weighted by atomic mass is 16.6. The minimum Gasteiger partial charge on any atom is -0.347 e. The molecule has 138 valence electrons. The van der Waals surface area contributed by atoms with Crippen LogP contribution in [-0.2, 0) is 4.79 Å². The van der Waals surface area contributed by atoms with Crippen molar-refractivity contribution in [1.82, 2.24) is 0 Å². The maximum Gasteiger partial charge on any atom is 0.269 e. The van der Waals surface area contributed by atoms with Crippen LogP contribution in [0, 0.1) is 15.5 Å². The predicted octanol–water partition coefficient (Wildman–Crippen LogP) is 4.82. The number of para-hydroxylation sites is 1. The third-order valence-electron chi connectivity index (χ3n) is 5.61. The van der Waals surface area contributed by atoms with Crippen LogP contribution in [0.3, 0.4) is 0 Å². The van der Waals surface area contributed by atoms with Crippen molar-refractivity contribution in [3.8, 4) is 0 Å². The molecule has 0 spiro atoms. The van der Waals surface area contributed by atoms with E-state index < -0.39 is 0 Å². The average Bonchev–Trinajstić information content (AvgIpc) is 2.62. The molecule has 27 heavy (non-hydrogen) atoms. The summed E-state index contributed by atoms with van der Waals surface area (Å²) in [7, 11) is 2.01. The summed E-state index contributed by atoms with van der Waals surface area (Å²) < 4.78 is 0. The maximum atomic E-state index is 13.2. The number of benzene rings is 2. The van der Waals surface area contributed by atoms with E-state index in [0.29, 0.717) is 6.42 Å². The second-order valence-corrected chi connectivity index (χ2v) is 8.20. The largest absolute Gasteiger partial charge is 0.347 e. The Kier molecular flexibility index (Phi) is 3.91. The predicted molar refractivity (Wildman–Crippen MR) is 105 cm³/mol. The number of nitro benzene ring substituents is 1. The second kappa shape index (κ2) is 6.05. The van der Waals surface area contributed by atoms with E-state index >= 15 is 0 Å². The minimum absolute atomic E-state index is 0.0506. The van der Waals surface area contributed by atoms with Gasteiger partial charge in [0.1, 0.15) is 0 Å². The Bertz CT molecular complexity index is 991. The van der Waals surface area contributed by atoms with E-state index in [1.54, 1.807) is 12.1 Å². The molecule has 2 aromatic carbocycles. The molecular formula is C22H22N2O3. The summed E-state index contributed by atoms with van der Waals surface area (Å²) in [4.78, 5) is 26.2. The molecule has 0 aromatic heterocycles. The molecule has 1 aliphatic heterocycles. The summed E-state index contributed by atoms with van der Waals surface area (Å²) in [6.07, 6.45) is 1.30. The quantitative estimate of drug-likeness (QED) is 0.567. The van der Waals surface area contributed by atoms with Gasteiger partial charge in [0.15, 0.2) is 5.78 Å². The van der Waals surface area contributed by atoms with E-state index in [0.717, 1.165) is 34.5 Å². The van der Waals surface area contributed by atoms with Gasteiger partial charge in [-0.2, -0.15) is 0 Å². The summed E-state index contributed by atoms with van der Waals surface area (Å²) in [6, 6.07) is 14.7. The third-order valence-corrected chi connectivity index (χ3v) is 5.61. The van der Waals surface area contributed by atoms with Crippen molar-refractivity contribution >= 4 is 17.2 Å². The molecule has 4 rings (SSSR count). The van der Waals surface area contributed by atoms with Gasteiger partial charge in [-0.25, -0.2) is 0 Å². The fraction of sp³-hybridized carbons (Fsp3) is 0.318. The van der Waals surface area contributed by atoms with Crippen molar-refractivity contribution < 1.29 is 9.72 Å². The number of fused-ring (bicyclic) bond motifs is 1. The number of rotatable bonds is 2. The lowest BCUT2D eigenvalue weighted by Gasteiger charge is -2.43. The van der Waals surface area contributed by atoms with Crippen molar-refractivity contribution in [2.45, 2.75) is 32.6 Å². The number of hydrogen-bond donors (Lipinski definition) is 0. The van der Waals surface area contributed by atoms with Crippen molar-refractivity contribution in [2.24, 2.45) is 5.41 Å². The normalized spacial score (nSPS) is 20.9. The first-order valence-electron chi connectivity index (χ1n) is 9.12. The fourth-order valence-electron chi connectivity index (χ4n) is 4.43. The zero-order valence-electron chi connectivity index (χ0n) is 15.7. The summed E-state index contributed by atoms with van der Waals surface area (Å²) in [5.74, 6) is -0.130. The van der Waals surface area contributed by atoms with Crippen LogP contribution < -0.4 is 4.90 Å². The Hall–Kier alpha value is -2.95. The van der Waals surface area contributed by atoms with Crippen LogP contribution in [0.5, 0.6) is 0 Å². The number of ketones is 1. The molecule has 5 nitrogen and oxygen atoms in total. The summed E-state index contributed by atoms with van der Waals surface area (Å²) in [5, 5.41) is 11.3. The number of nitrogens with zero attached hydrogens (tertiary/aromatic N) is 2. The molecule has 1 heterocycles. The van der Waals surface area contributed by atoms with E-state index in [1.807, 2.05) is 31.3 Å². The Morgan fingerprint density at radius 3 is 2.59 bits per heavy atom. The molecule has 0 saturated carbocycles. The number of anilines is 1. The van der Waals surface area contributed by atoms with Gasteiger partial charge >= 0.3 is 0 Å². The van der Waals surface area contributed by atoms with E-state index in [2.05, 4.69) is 24.8 Å². The van der Waals surface area contributed by atoms with E-state index in [-0.39, 0.29) is 27.7 Å². The van der Waals surface area contributed by atoms with E-state index in [4.69, 9.17) is 0 Å². The monoisotopic (exact) mass is 362 g/mol. The first kappa shape index (κ1) is 17.5. The second-order valence-electron chi connectivity index (χ2n) is 8.20.